The van der Waals surface area contributed by atoms with Gasteiger partial charge >= 0.3 is 0 Å². The zero-order valence-corrected chi connectivity index (χ0v) is 9.94. The van der Waals surface area contributed by atoms with Crippen LogP contribution in [0.2, 0.25) is 0 Å². The fourth-order valence-corrected chi connectivity index (χ4v) is 0.609. The van der Waals surface area contributed by atoms with Crippen LogP contribution in [-0.4, -0.2) is 63.6 Å². The lowest BCUT2D eigenvalue weighted by Crippen LogP contribution is -2.05. The molecule has 0 saturated carbocycles. The monoisotopic (exact) mass is 224 g/mol. The van der Waals surface area contributed by atoms with E-state index >= 15 is 0 Å². The van der Waals surface area contributed by atoms with Crippen molar-refractivity contribution in [2.45, 2.75) is 19.4 Å². The topological polar surface area (TPSA) is 68.2 Å². The normalized spacial score (nSPS) is 11.8. The second kappa shape index (κ2) is 16.2. The van der Waals surface area contributed by atoms with Crippen LogP contribution in [0.1, 0.15) is 13.3 Å². The fraction of sp³-hybridized carbons (Fsp3) is 1.00. The van der Waals surface area contributed by atoms with E-state index in [9.17, 15) is 0 Å². The van der Waals surface area contributed by atoms with E-state index in [0.29, 0.717) is 19.8 Å². The van der Waals surface area contributed by atoms with E-state index in [0.717, 1.165) is 6.42 Å². The lowest BCUT2D eigenvalue weighted by Gasteiger charge is -2.04. The van der Waals surface area contributed by atoms with Gasteiger partial charge in [0.25, 0.3) is 0 Å². The average molecular weight is 224 g/mol. The highest BCUT2D eigenvalue weighted by atomic mass is 16.5. The summed E-state index contributed by atoms with van der Waals surface area (Å²) in [6.07, 6.45) is 0.932. The first-order chi connectivity index (χ1) is 7.22. The number of aliphatic hydroxyl groups is 2. The molecular weight excluding hydrogens is 200 g/mol. The molecule has 1 atom stereocenters. The average Bonchev–Trinajstić information content (AvgIpc) is 2.26. The Morgan fingerprint density at radius 3 is 2.00 bits per heavy atom. The maximum Gasteiger partial charge on any atom is 0.0701 e. The van der Waals surface area contributed by atoms with Crippen LogP contribution in [0.5, 0.6) is 0 Å². The van der Waals surface area contributed by atoms with Crippen LogP contribution in [0.15, 0.2) is 0 Å². The summed E-state index contributed by atoms with van der Waals surface area (Å²) in [6.45, 7) is 3.80. The molecule has 15 heavy (non-hydrogen) atoms. The van der Waals surface area contributed by atoms with Crippen LogP contribution < -0.4 is 0 Å². The maximum absolute atomic E-state index is 8.29. The van der Waals surface area contributed by atoms with Crippen molar-refractivity contribution in [2.75, 3.05) is 47.3 Å². The highest BCUT2D eigenvalue weighted by Crippen LogP contribution is 1.90. The SMILES string of the molecule is COC(C)CCO.COCCOCCO. The van der Waals surface area contributed by atoms with E-state index in [-0.39, 0.29) is 19.3 Å². The third-order valence-corrected chi connectivity index (χ3v) is 1.61. The number of hydrogen-bond donors (Lipinski definition) is 2. The molecule has 5 heteroatoms. The summed E-state index contributed by atoms with van der Waals surface area (Å²) in [5.74, 6) is 0. The summed E-state index contributed by atoms with van der Waals surface area (Å²) in [6, 6.07) is 0. The zero-order chi connectivity index (χ0) is 11.9. The molecule has 94 valence electrons. The van der Waals surface area contributed by atoms with Gasteiger partial charge in [-0.05, 0) is 13.3 Å². The van der Waals surface area contributed by atoms with Crippen LogP contribution in [0.4, 0.5) is 0 Å². The van der Waals surface area contributed by atoms with Gasteiger partial charge in [-0.1, -0.05) is 0 Å². The Morgan fingerprint density at radius 1 is 1.00 bits per heavy atom. The van der Waals surface area contributed by atoms with Crippen LogP contribution >= 0.6 is 0 Å². The Balaban J connectivity index is 0. The second-order valence-corrected chi connectivity index (χ2v) is 2.89. The van der Waals surface area contributed by atoms with Gasteiger partial charge in [0.2, 0.25) is 0 Å². The Kier molecular flexibility index (Phi) is 18.6. The summed E-state index contributed by atoms with van der Waals surface area (Å²) in [5.41, 5.74) is 0. The van der Waals surface area contributed by atoms with E-state index in [4.69, 9.17) is 19.7 Å². The standard InChI is InChI=1S/C5H12O3.C5H12O2/c1-7-4-5-8-3-2-6;1-5(7-2)3-4-6/h6H,2-5H2,1H3;5-6H,3-4H2,1-2H3. The van der Waals surface area contributed by atoms with Gasteiger partial charge < -0.3 is 24.4 Å². The lowest BCUT2D eigenvalue weighted by atomic mass is 10.3. The van der Waals surface area contributed by atoms with Gasteiger partial charge in [0.15, 0.2) is 0 Å². The van der Waals surface area contributed by atoms with Crippen molar-refractivity contribution in [3.63, 3.8) is 0 Å². The number of methoxy groups -OCH3 is 2. The number of ether oxygens (including phenoxy) is 3. The van der Waals surface area contributed by atoms with Gasteiger partial charge in [-0.15, -0.1) is 0 Å². The first-order valence-electron chi connectivity index (χ1n) is 5.04. The summed E-state index contributed by atoms with van der Waals surface area (Å²) in [7, 11) is 3.25. The van der Waals surface area contributed by atoms with E-state index in [1.807, 2.05) is 6.92 Å². The molecule has 0 heterocycles. The Morgan fingerprint density at radius 2 is 1.67 bits per heavy atom. The molecule has 0 amide bonds. The van der Waals surface area contributed by atoms with Gasteiger partial charge in [-0.25, -0.2) is 0 Å². The molecule has 1 unspecified atom stereocenters. The second-order valence-electron chi connectivity index (χ2n) is 2.89. The molecule has 0 rings (SSSR count). The van der Waals surface area contributed by atoms with Crippen molar-refractivity contribution in [2.24, 2.45) is 0 Å². The molecule has 0 bridgehead atoms. The summed E-state index contributed by atoms with van der Waals surface area (Å²) >= 11 is 0. The Hall–Kier alpha value is -0.200. The largest absolute Gasteiger partial charge is 0.396 e. The van der Waals surface area contributed by atoms with Crippen LogP contribution in [0.25, 0.3) is 0 Å². The summed E-state index contributed by atoms with van der Waals surface area (Å²) in [4.78, 5) is 0. The molecule has 0 aromatic carbocycles. The highest BCUT2D eigenvalue weighted by Gasteiger charge is 1.93. The van der Waals surface area contributed by atoms with E-state index in [1.54, 1.807) is 14.2 Å². The van der Waals surface area contributed by atoms with Crippen molar-refractivity contribution in [3.05, 3.63) is 0 Å². The first kappa shape index (κ1) is 17.2. The van der Waals surface area contributed by atoms with E-state index < -0.39 is 0 Å². The van der Waals surface area contributed by atoms with Crippen LogP contribution in [0, 0.1) is 0 Å². The van der Waals surface area contributed by atoms with Gasteiger partial charge in [0.05, 0.1) is 32.5 Å². The van der Waals surface area contributed by atoms with Gasteiger partial charge in [-0.3, -0.25) is 0 Å². The van der Waals surface area contributed by atoms with Gasteiger partial charge in [-0.2, -0.15) is 0 Å². The van der Waals surface area contributed by atoms with Gasteiger partial charge in [0.1, 0.15) is 0 Å². The van der Waals surface area contributed by atoms with E-state index in [1.165, 1.54) is 0 Å². The third kappa shape index (κ3) is 20.0. The fourth-order valence-electron chi connectivity index (χ4n) is 0.609. The van der Waals surface area contributed by atoms with E-state index in [2.05, 4.69) is 4.74 Å². The molecule has 0 fully saturated rings. The maximum atomic E-state index is 8.29. The summed E-state index contributed by atoms with van der Waals surface area (Å²) in [5, 5.41) is 16.5. The highest BCUT2D eigenvalue weighted by molar-refractivity contribution is 4.44. The van der Waals surface area contributed by atoms with Crippen LogP contribution in [-0.2, 0) is 14.2 Å². The predicted octanol–water partition coefficient (Wildman–Crippen LogP) is 0.0454. The first-order valence-corrected chi connectivity index (χ1v) is 5.04. The van der Waals surface area contributed by atoms with Crippen LogP contribution in [0.3, 0.4) is 0 Å². The molecule has 0 aliphatic heterocycles. The molecule has 2 N–H and O–H groups in total. The molecule has 0 spiro atoms. The Bertz CT molecular complexity index is 93.8. The molecule has 0 aromatic rings. The molecule has 0 aliphatic rings. The molecule has 0 radical (unpaired) electrons. The smallest absolute Gasteiger partial charge is 0.0701 e. The quantitative estimate of drug-likeness (QED) is 0.570. The molecule has 0 aliphatic carbocycles. The van der Waals surface area contributed by atoms with Crippen molar-refractivity contribution in [1.82, 2.24) is 0 Å². The number of aliphatic hydroxyl groups excluding tert-OH is 2. The molecular formula is C10H24O5. The number of rotatable bonds is 8. The minimum absolute atomic E-state index is 0.0870. The Labute approximate surface area is 92.0 Å². The molecule has 5 nitrogen and oxygen atoms in total. The zero-order valence-electron chi connectivity index (χ0n) is 9.94. The predicted molar refractivity (Wildman–Crippen MR) is 58.0 cm³/mol. The molecule has 0 aromatic heterocycles. The van der Waals surface area contributed by atoms with Crippen molar-refractivity contribution >= 4 is 0 Å². The third-order valence-electron chi connectivity index (χ3n) is 1.61. The lowest BCUT2D eigenvalue weighted by molar-refractivity contribution is 0.0500. The minimum atomic E-state index is 0.0870. The molecule has 0 saturated heterocycles. The summed E-state index contributed by atoms with van der Waals surface area (Å²) < 4.78 is 14.4. The number of hydrogen-bond acceptors (Lipinski definition) is 5. The van der Waals surface area contributed by atoms with Crippen molar-refractivity contribution in [3.8, 4) is 0 Å². The van der Waals surface area contributed by atoms with Crippen molar-refractivity contribution in [1.29, 1.82) is 0 Å². The van der Waals surface area contributed by atoms with Crippen molar-refractivity contribution < 1.29 is 24.4 Å². The van der Waals surface area contributed by atoms with Gasteiger partial charge in [0, 0.05) is 20.8 Å². The minimum Gasteiger partial charge on any atom is -0.396 e.